The van der Waals surface area contributed by atoms with Gasteiger partial charge >= 0.3 is 0 Å². The van der Waals surface area contributed by atoms with Crippen molar-refractivity contribution in [3.05, 3.63) is 35.5 Å². The summed E-state index contributed by atoms with van der Waals surface area (Å²) in [7, 11) is 0. The van der Waals surface area contributed by atoms with E-state index in [0.717, 1.165) is 29.0 Å². The number of nitrogens with zero attached hydrogens (tertiary/aromatic N) is 2. The number of anilines is 2. The number of aliphatic hydroxyl groups is 1. The van der Waals surface area contributed by atoms with E-state index in [2.05, 4.69) is 5.32 Å². The van der Waals surface area contributed by atoms with Gasteiger partial charge in [-0.25, -0.2) is 0 Å². The maximum atomic E-state index is 12.7. The number of fused-ring (bicyclic) bond motifs is 1. The lowest BCUT2D eigenvalue weighted by Gasteiger charge is -2.34. The summed E-state index contributed by atoms with van der Waals surface area (Å²) in [6, 6.07) is 5.61. The van der Waals surface area contributed by atoms with E-state index in [1.165, 1.54) is 6.08 Å². The fourth-order valence-electron chi connectivity index (χ4n) is 3.36. The standard InChI is InChI=1S/C20H25N3O4/c1-20(2,3)19(27)22-8-4-5-13-11-14(6-7-16(13)22)21-15-12-17(25)23(9-10-24)18(15)26/h6-7,11-12,21,24H,4-5,8-10H2,1-3H3. The first-order valence-corrected chi connectivity index (χ1v) is 9.12. The van der Waals surface area contributed by atoms with Crippen LogP contribution in [-0.2, 0) is 20.8 Å². The third kappa shape index (κ3) is 3.73. The van der Waals surface area contributed by atoms with Crippen LogP contribution in [0, 0.1) is 5.41 Å². The Bertz CT molecular complexity index is 823. The van der Waals surface area contributed by atoms with Crippen molar-refractivity contribution in [3.63, 3.8) is 0 Å². The summed E-state index contributed by atoms with van der Waals surface area (Å²) in [5.74, 6) is -0.796. The van der Waals surface area contributed by atoms with Gasteiger partial charge in [0.25, 0.3) is 11.8 Å². The van der Waals surface area contributed by atoms with Crippen LogP contribution in [-0.4, -0.2) is 47.4 Å². The Kier molecular flexibility index (Phi) is 5.06. The monoisotopic (exact) mass is 371 g/mol. The van der Waals surface area contributed by atoms with Crippen LogP contribution in [0.25, 0.3) is 0 Å². The number of imide groups is 1. The number of hydrogen-bond acceptors (Lipinski definition) is 5. The summed E-state index contributed by atoms with van der Waals surface area (Å²) in [5, 5.41) is 12.0. The zero-order valence-electron chi connectivity index (χ0n) is 15.9. The van der Waals surface area contributed by atoms with Gasteiger partial charge in [-0.3, -0.25) is 19.3 Å². The maximum Gasteiger partial charge on any atom is 0.277 e. The summed E-state index contributed by atoms with van der Waals surface area (Å²) in [6.07, 6.45) is 2.97. The van der Waals surface area contributed by atoms with Crippen LogP contribution < -0.4 is 10.2 Å². The maximum absolute atomic E-state index is 12.7. The van der Waals surface area contributed by atoms with E-state index < -0.39 is 17.2 Å². The number of hydrogen-bond donors (Lipinski definition) is 2. The molecule has 3 amide bonds. The van der Waals surface area contributed by atoms with Crippen LogP contribution in [0.5, 0.6) is 0 Å². The molecule has 0 aromatic heterocycles. The van der Waals surface area contributed by atoms with Crippen molar-refractivity contribution in [1.29, 1.82) is 0 Å². The molecule has 1 aromatic carbocycles. The van der Waals surface area contributed by atoms with Gasteiger partial charge in [0.15, 0.2) is 0 Å². The average molecular weight is 371 g/mol. The van der Waals surface area contributed by atoms with Gasteiger partial charge in [-0.2, -0.15) is 0 Å². The van der Waals surface area contributed by atoms with Gasteiger partial charge in [0.05, 0.1) is 13.2 Å². The second kappa shape index (κ2) is 7.15. The molecule has 144 valence electrons. The molecular formula is C20H25N3O4. The van der Waals surface area contributed by atoms with Crippen molar-refractivity contribution >= 4 is 29.1 Å². The van der Waals surface area contributed by atoms with Crippen LogP contribution in [0.2, 0.25) is 0 Å². The summed E-state index contributed by atoms with van der Waals surface area (Å²) < 4.78 is 0. The van der Waals surface area contributed by atoms with Crippen molar-refractivity contribution < 1.29 is 19.5 Å². The minimum absolute atomic E-state index is 0.0204. The quantitative estimate of drug-likeness (QED) is 0.786. The predicted octanol–water partition coefficient (Wildman–Crippen LogP) is 1.67. The molecule has 2 aliphatic rings. The zero-order chi connectivity index (χ0) is 19.8. The van der Waals surface area contributed by atoms with Gasteiger partial charge in [-0.15, -0.1) is 0 Å². The smallest absolute Gasteiger partial charge is 0.277 e. The molecule has 2 aliphatic heterocycles. The molecule has 7 heteroatoms. The molecule has 0 saturated carbocycles. The van der Waals surface area contributed by atoms with Gasteiger partial charge in [0.1, 0.15) is 5.70 Å². The van der Waals surface area contributed by atoms with Gasteiger partial charge in [0, 0.05) is 29.4 Å². The summed E-state index contributed by atoms with van der Waals surface area (Å²) in [6.45, 7) is 6.14. The number of aliphatic hydroxyl groups excluding tert-OH is 1. The van der Waals surface area contributed by atoms with E-state index in [9.17, 15) is 14.4 Å². The minimum atomic E-state index is -0.455. The zero-order valence-corrected chi connectivity index (χ0v) is 15.9. The summed E-state index contributed by atoms with van der Waals surface area (Å²) in [5.41, 5.74) is 2.36. The topological polar surface area (TPSA) is 90.0 Å². The number of carbonyl (C=O) groups excluding carboxylic acids is 3. The molecule has 2 heterocycles. The fraction of sp³-hybridized carbons (Fsp3) is 0.450. The van der Waals surface area contributed by atoms with Crippen molar-refractivity contribution in [2.45, 2.75) is 33.6 Å². The molecule has 3 rings (SSSR count). The Balaban J connectivity index is 1.81. The Morgan fingerprint density at radius 1 is 1.26 bits per heavy atom. The number of carbonyl (C=O) groups is 3. The van der Waals surface area contributed by atoms with Crippen LogP contribution in [0.1, 0.15) is 32.8 Å². The van der Waals surface area contributed by atoms with Crippen LogP contribution >= 0.6 is 0 Å². The molecule has 27 heavy (non-hydrogen) atoms. The van der Waals surface area contributed by atoms with Crippen molar-refractivity contribution in [2.24, 2.45) is 5.41 Å². The second-order valence-corrected chi connectivity index (χ2v) is 7.86. The molecule has 0 aliphatic carbocycles. The Morgan fingerprint density at radius 3 is 2.67 bits per heavy atom. The third-order valence-corrected chi connectivity index (χ3v) is 4.70. The highest BCUT2D eigenvalue weighted by Gasteiger charge is 2.32. The van der Waals surface area contributed by atoms with Crippen LogP contribution in [0.4, 0.5) is 11.4 Å². The normalized spacial score (nSPS) is 17.1. The van der Waals surface area contributed by atoms with Gasteiger partial charge in [-0.05, 0) is 36.6 Å². The highest BCUT2D eigenvalue weighted by Crippen LogP contribution is 2.33. The molecule has 2 N–H and O–H groups in total. The van der Waals surface area contributed by atoms with E-state index in [1.54, 1.807) is 6.07 Å². The summed E-state index contributed by atoms with van der Waals surface area (Å²) >= 11 is 0. The van der Waals surface area contributed by atoms with Crippen molar-refractivity contribution in [3.8, 4) is 0 Å². The van der Waals surface area contributed by atoms with Gasteiger partial charge in [0.2, 0.25) is 5.91 Å². The van der Waals surface area contributed by atoms with Crippen molar-refractivity contribution in [2.75, 3.05) is 29.9 Å². The number of β-amino-alcohol motifs (C(OH)–C–C–N with tert-alkyl or cyclic N) is 1. The third-order valence-electron chi connectivity index (χ3n) is 4.70. The number of rotatable bonds is 4. The largest absolute Gasteiger partial charge is 0.395 e. The minimum Gasteiger partial charge on any atom is -0.395 e. The Labute approximate surface area is 158 Å². The molecule has 0 radical (unpaired) electrons. The fourth-order valence-corrected chi connectivity index (χ4v) is 3.36. The molecule has 7 nitrogen and oxygen atoms in total. The number of nitrogens with one attached hydrogen (secondary N) is 1. The predicted molar refractivity (Wildman–Crippen MR) is 102 cm³/mol. The lowest BCUT2D eigenvalue weighted by Crippen LogP contribution is -2.42. The van der Waals surface area contributed by atoms with E-state index in [0.29, 0.717) is 12.2 Å². The first-order chi connectivity index (χ1) is 12.7. The van der Waals surface area contributed by atoms with Gasteiger partial charge < -0.3 is 15.3 Å². The summed E-state index contributed by atoms with van der Waals surface area (Å²) in [4.78, 5) is 39.7. The lowest BCUT2D eigenvalue weighted by atomic mass is 9.92. The van der Waals surface area contributed by atoms with E-state index in [-0.39, 0.29) is 24.8 Å². The highest BCUT2D eigenvalue weighted by atomic mass is 16.3. The van der Waals surface area contributed by atoms with E-state index in [4.69, 9.17) is 5.11 Å². The lowest BCUT2D eigenvalue weighted by molar-refractivity contribution is -0.137. The number of amides is 3. The first-order valence-electron chi connectivity index (χ1n) is 9.12. The molecule has 0 saturated heterocycles. The van der Waals surface area contributed by atoms with Crippen LogP contribution in [0.3, 0.4) is 0 Å². The van der Waals surface area contributed by atoms with Crippen molar-refractivity contribution in [1.82, 2.24) is 4.90 Å². The van der Waals surface area contributed by atoms with Gasteiger partial charge in [-0.1, -0.05) is 20.8 Å². The van der Waals surface area contributed by atoms with E-state index in [1.807, 2.05) is 37.8 Å². The molecule has 0 bridgehead atoms. The molecular weight excluding hydrogens is 346 g/mol. The molecule has 0 unspecified atom stereocenters. The molecule has 0 atom stereocenters. The molecule has 1 aromatic rings. The second-order valence-electron chi connectivity index (χ2n) is 7.86. The highest BCUT2D eigenvalue weighted by molar-refractivity contribution is 6.17. The Hall–Kier alpha value is -2.67. The molecule has 0 spiro atoms. The first kappa shape index (κ1) is 19.1. The number of benzene rings is 1. The average Bonchev–Trinajstić information content (AvgIpc) is 2.87. The Morgan fingerprint density at radius 2 is 2.00 bits per heavy atom. The molecule has 0 fully saturated rings. The van der Waals surface area contributed by atoms with Crippen LogP contribution in [0.15, 0.2) is 30.0 Å². The SMILES string of the molecule is CC(C)(C)C(=O)N1CCCc2cc(NC3=CC(=O)N(CCO)C3=O)ccc21. The number of aryl methyl sites for hydroxylation is 1. The van der Waals surface area contributed by atoms with E-state index >= 15 is 0 Å².